The van der Waals surface area contributed by atoms with E-state index in [0.717, 1.165) is 0 Å². The summed E-state index contributed by atoms with van der Waals surface area (Å²) >= 11 is 0. The Labute approximate surface area is 134 Å². The molecule has 0 saturated heterocycles. The van der Waals surface area contributed by atoms with Crippen molar-refractivity contribution in [2.75, 3.05) is 7.11 Å². The molecule has 2 rings (SSSR count). The van der Waals surface area contributed by atoms with Gasteiger partial charge in [-0.05, 0) is 18.1 Å². The molecule has 0 unspecified atom stereocenters. The molecule has 0 radical (unpaired) electrons. The highest BCUT2D eigenvalue weighted by Gasteiger charge is 2.16. The van der Waals surface area contributed by atoms with Gasteiger partial charge in [-0.15, -0.1) is 0 Å². The first-order chi connectivity index (χ1) is 11.0. The molecule has 1 aromatic carbocycles. The predicted molar refractivity (Wildman–Crippen MR) is 83.6 cm³/mol. The number of nitrogens with one attached hydrogen (secondary N) is 2. The summed E-state index contributed by atoms with van der Waals surface area (Å²) in [5.74, 6) is 0.409. The fourth-order valence-corrected chi connectivity index (χ4v) is 1.97. The number of nitrogens with zero attached hydrogens (tertiary/aromatic N) is 1. The number of benzene rings is 1. The number of hydrogen-bond acceptors (Lipinski definition) is 5. The molecule has 1 heterocycles. The lowest BCUT2D eigenvalue weighted by molar-refractivity contribution is -0.122. The van der Waals surface area contributed by atoms with Gasteiger partial charge in [0, 0.05) is 12.5 Å². The van der Waals surface area contributed by atoms with Gasteiger partial charge in [0.15, 0.2) is 11.5 Å². The van der Waals surface area contributed by atoms with Crippen molar-refractivity contribution < 1.29 is 18.8 Å². The van der Waals surface area contributed by atoms with Gasteiger partial charge in [0.2, 0.25) is 5.91 Å². The molecule has 0 fully saturated rings. The van der Waals surface area contributed by atoms with Crippen LogP contribution in [0.3, 0.4) is 0 Å². The van der Waals surface area contributed by atoms with E-state index in [0.29, 0.717) is 23.5 Å². The van der Waals surface area contributed by atoms with Crippen LogP contribution in [0, 0.1) is 5.92 Å². The van der Waals surface area contributed by atoms with Crippen LogP contribution in [0.25, 0.3) is 11.3 Å². The van der Waals surface area contributed by atoms with Crippen LogP contribution >= 0.6 is 0 Å². The molecule has 122 valence electrons. The average molecular weight is 317 g/mol. The molecule has 1 aromatic heterocycles. The first-order valence-corrected chi connectivity index (χ1v) is 7.20. The van der Waals surface area contributed by atoms with Gasteiger partial charge in [0.05, 0.1) is 12.7 Å². The van der Waals surface area contributed by atoms with Gasteiger partial charge >= 0.3 is 0 Å². The minimum atomic E-state index is -0.549. The predicted octanol–water partition coefficient (Wildman–Crippen LogP) is 2.16. The van der Waals surface area contributed by atoms with E-state index in [4.69, 9.17) is 9.26 Å². The third kappa shape index (κ3) is 4.32. The standard InChI is InChI=1S/C16H19N3O4/c1-10(2)8-15(20)17-18-16(21)12-9-14(23-19-12)11-6-4-5-7-13(11)22-3/h4-7,9-10H,8H2,1-3H3,(H,17,20)(H,18,21). The molecule has 0 aliphatic carbocycles. The third-order valence-corrected chi connectivity index (χ3v) is 3.02. The maximum absolute atomic E-state index is 12.0. The summed E-state index contributed by atoms with van der Waals surface area (Å²) in [6.45, 7) is 3.83. The molecule has 0 bridgehead atoms. The number of aromatic nitrogens is 1. The quantitative estimate of drug-likeness (QED) is 0.824. The van der Waals surface area contributed by atoms with Gasteiger partial charge in [0.1, 0.15) is 5.75 Å². The van der Waals surface area contributed by atoms with Gasteiger partial charge in [-0.3, -0.25) is 20.4 Å². The number of methoxy groups -OCH3 is 1. The monoisotopic (exact) mass is 317 g/mol. The van der Waals surface area contributed by atoms with Crippen LogP contribution in [0.5, 0.6) is 5.75 Å². The molecule has 2 aromatic rings. The highest BCUT2D eigenvalue weighted by molar-refractivity contribution is 5.94. The van der Waals surface area contributed by atoms with Gasteiger partial charge < -0.3 is 9.26 Å². The molecule has 7 nitrogen and oxygen atoms in total. The van der Waals surface area contributed by atoms with E-state index < -0.39 is 5.91 Å². The Morgan fingerprint density at radius 3 is 2.70 bits per heavy atom. The molecule has 2 N–H and O–H groups in total. The van der Waals surface area contributed by atoms with Crippen molar-refractivity contribution in [1.82, 2.24) is 16.0 Å². The summed E-state index contributed by atoms with van der Waals surface area (Å²) in [4.78, 5) is 23.5. The van der Waals surface area contributed by atoms with Gasteiger partial charge in [0.25, 0.3) is 5.91 Å². The summed E-state index contributed by atoms with van der Waals surface area (Å²) in [5, 5.41) is 3.71. The van der Waals surface area contributed by atoms with Crippen LogP contribution in [0.15, 0.2) is 34.9 Å². The topological polar surface area (TPSA) is 93.5 Å². The second kappa shape index (κ2) is 7.44. The summed E-state index contributed by atoms with van der Waals surface area (Å²) < 4.78 is 10.4. The SMILES string of the molecule is COc1ccccc1-c1cc(C(=O)NNC(=O)CC(C)C)no1. The number of carbonyl (C=O) groups excluding carboxylic acids is 2. The minimum absolute atomic E-state index is 0.0655. The fourth-order valence-electron chi connectivity index (χ4n) is 1.97. The van der Waals surface area contributed by atoms with Crippen molar-refractivity contribution >= 4 is 11.8 Å². The molecule has 0 atom stereocenters. The molecule has 0 spiro atoms. The lowest BCUT2D eigenvalue weighted by Crippen LogP contribution is -2.42. The van der Waals surface area contributed by atoms with Crippen molar-refractivity contribution in [3.63, 3.8) is 0 Å². The van der Waals surface area contributed by atoms with E-state index in [1.165, 1.54) is 6.07 Å². The summed E-state index contributed by atoms with van der Waals surface area (Å²) in [6, 6.07) is 8.72. The summed E-state index contributed by atoms with van der Waals surface area (Å²) in [7, 11) is 1.55. The van der Waals surface area contributed by atoms with Crippen LogP contribution in [0.4, 0.5) is 0 Å². The lowest BCUT2D eigenvalue weighted by Gasteiger charge is -2.07. The highest BCUT2D eigenvalue weighted by Crippen LogP contribution is 2.29. The smallest absolute Gasteiger partial charge is 0.291 e. The first kappa shape index (κ1) is 16.5. The van der Waals surface area contributed by atoms with E-state index >= 15 is 0 Å². The zero-order valence-electron chi connectivity index (χ0n) is 13.3. The molecule has 0 saturated carbocycles. The lowest BCUT2D eigenvalue weighted by atomic mass is 10.1. The molecule has 7 heteroatoms. The Balaban J connectivity index is 2.04. The molecular weight excluding hydrogens is 298 g/mol. The number of rotatable bonds is 5. The van der Waals surface area contributed by atoms with Crippen molar-refractivity contribution in [3.8, 4) is 17.1 Å². The van der Waals surface area contributed by atoms with Crippen molar-refractivity contribution in [2.45, 2.75) is 20.3 Å². The van der Waals surface area contributed by atoms with Crippen LogP contribution in [-0.4, -0.2) is 24.1 Å². The van der Waals surface area contributed by atoms with E-state index in [2.05, 4.69) is 16.0 Å². The molecule has 0 aliphatic rings. The Morgan fingerprint density at radius 1 is 1.26 bits per heavy atom. The molecule has 2 amide bonds. The van der Waals surface area contributed by atoms with Gasteiger partial charge in [-0.1, -0.05) is 31.1 Å². The summed E-state index contributed by atoms with van der Waals surface area (Å²) in [5.41, 5.74) is 5.40. The van der Waals surface area contributed by atoms with E-state index in [1.807, 2.05) is 26.0 Å². The number of hydrazine groups is 1. The molecule has 23 heavy (non-hydrogen) atoms. The number of amides is 2. The molecule has 0 aliphatic heterocycles. The molecular formula is C16H19N3O4. The maximum Gasteiger partial charge on any atom is 0.291 e. The van der Waals surface area contributed by atoms with Crippen LogP contribution in [-0.2, 0) is 4.79 Å². The fraction of sp³-hybridized carbons (Fsp3) is 0.312. The van der Waals surface area contributed by atoms with Crippen LogP contribution in [0.1, 0.15) is 30.8 Å². The van der Waals surface area contributed by atoms with E-state index in [1.54, 1.807) is 19.2 Å². The Hall–Kier alpha value is -2.83. The Kier molecular flexibility index (Phi) is 5.35. The van der Waals surface area contributed by atoms with E-state index in [9.17, 15) is 9.59 Å². The largest absolute Gasteiger partial charge is 0.496 e. The normalized spacial score (nSPS) is 10.4. The van der Waals surface area contributed by atoms with Crippen molar-refractivity contribution in [2.24, 2.45) is 5.92 Å². The van der Waals surface area contributed by atoms with Crippen molar-refractivity contribution in [1.29, 1.82) is 0 Å². The van der Waals surface area contributed by atoms with Crippen LogP contribution < -0.4 is 15.6 Å². The Bertz CT molecular complexity index is 694. The maximum atomic E-state index is 12.0. The zero-order chi connectivity index (χ0) is 16.8. The number of carbonyl (C=O) groups is 2. The first-order valence-electron chi connectivity index (χ1n) is 7.20. The highest BCUT2D eigenvalue weighted by atomic mass is 16.5. The number of para-hydroxylation sites is 1. The van der Waals surface area contributed by atoms with Crippen LogP contribution in [0.2, 0.25) is 0 Å². The minimum Gasteiger partial charge on any atom is -0.496 e. The van der Waals surface area contributed by atoms with Gasteiger partial charge in [-0.2, -0.15) is 0 Å². The van der Waals surface area contributed by atoms with Crippen molar-refractivity contribution in [3.05, 3.63) is 36.0 Å². The zero-order valence-corrected chi connectivity index (χ0v) is 13.3. The second-order valence-corrected chi connectivity index (χ2v) is 5.38. The third-order valence-electron chi connectivity index (χ3n) is 3.02. The number of ether oxygens (including phenoxy) is 1. The second-order valence-electron chi connectivity index (χ2n) is 5.38. The average Bonchev–Trinajstić information content (AvgIpc) is 3.01. The van der Waals surface area contributed by atoms with E-state index in [-0.39, 0.29) is 17.5 Å². The number of hydrogen-bond donors (Lipinski definition) is 2. The Morgan fingerprint density at radius 2 is 2.00 bits per heavy atom. The van der Waals surface area contributed by atoms with Gasteiger partial charge in [-0.25, -0.2) is 0 Å². The summed E-state index contributed by atoms with van der Waals surface area (Å²) in [6.07, 6.45) is 0.325.